The highest BCUT2D eigenvalue weighted by molar-refractivity contribution is 7.92. The van der Waals surface area contributed by atoms with Gasteiger partial charge in [0.15, 0.2) is 0 Å². The first-order valence-electron chi connectivity index (χ1n) is 10.3. The quantitative estimate of drug-likeness (QED) is 0.606. The van der Waals surface area contributed by atoms with Crippen molar-refractivity contribution in [1.82, 2.24) is 4.31 Å². The molecule has 3 aromatic carbocycles. The number of anilines is 1. The molecule has 31 heavy (non-hydrogen) atoms. The Morgan fingerprint density at radius 3 is 2.00 bits per heavy atom. The van der Waals surface area contributed by atoms with Crippen molar-refractivity contribution in [2.24, 2.45) is 0 Å². The van der Waals surface area contributed by atoms with E-state index in [2.05, 4.69) is 4.72 Å². The molecule has 6 nitrogen and oxygen atoms in total. The molecular formula is C23H26N2O4S2. The average Bonchev–Trinajstić information content (AvgIpc) is 2.73. The van der Waals surface area contributed by atoms with E-state index in [1.54, 1.807) is 22.5 Å². The Hall–Kier alpha value is -2.42. The Morgan fingerprint density at radius 2 is 1.35 bits per heavy atom. The highest BCUT2D eigenvalue weighted by Crippen LogP contribution is 2.30. The minimum absolute atomic E-state index is 0.0557. The molecule has 164 valence electrons. The summed E-state index contributed by atoms with van der Waals surface area (Å²) in [6, 6.07) is 18.3. The number of fused-ring (bicyclic) bond motifs is 1. The van der Waals surface area contributed by atoms with Gasteiger partial charge < -0.3 is 0 Å². The van der Waals surface area contributed by atoms with Crippen LogP contribution in [-0.4, -0.2) is 33.2 Å². The van der Waals surface area contributed by atoms with Gasteiger partial charge in [-0.15, -0.1) is 0 Å². The van der Waals surface area contributed by atoms with Gasteiger partial charge in [0.25, 0.3) is 10.0 Å². The van der Waals surface area contributed by atoms with Gasteiger partial charge in [-0.2, -0.15) is 4.31 Å². The molecule has 0 aliphatic carbocycles. The van der Waals surface area contributed by atoms with E-state index in [-0.39, 0.29) is 21.9 Å². The van der Waals surface area contributed by atoms with Gasteiger partial charge in [0.05, 0.1) is 9.79 Å². The second kappa shape index (κ2) is 8.26. The van der Waals surface area contributed by atoms with Crippen LogP contribution in [0.4, 0.5) is 5.69 Å². The van der Waals surface area contributed by atoms with Crippen molar-refractivity contribution in [2.75, 3.05) is 4.72 Å². The highest BCUT2D eigenvalue weighted by atomic mass is 32.2. The molecule has 1 saturated heterocycles. The molecule has 2 unspecified atom stereocenters. The Labute approximate surface area is 184 Å². The fraction of sp³-hybridized carbons (Fsp3) is 0.304. The van der Waals surface area contributed by atoms with E-state index in [9.17, 15) is 16.8 Å². The van der Waals surface area contributed by atoms with Gasteiger partial charge in [0.1, 0.15) is 0 Å². The zero-order valence-corrected chi connectivity index (χ0v) is 19.2. The first kappa shape index (κ1) is 21.8. The zero-order valence-electron chi connectivity index (χ0n) is 17.5. The van der Waals surface area contributed by atoms with Crippen LogP contribution in [0.2, 0.25) is 0 Å². The second-order valence-electron chi connectivity index (χ2n) is 8.10. The van der Waals surface area contributed by atoms with Crippen molar-refractivity contribution in [1.29, 1.82) is 0 Å². The summed E-state index contributed by atoms with van der Waals surface area (Å²) in [5.41, 5.74) is 0.312. The lowest BCUT2D eigenvalue weighted by Gasteiger charge is -2.37. The van der Waals surface area contributed by atoms with Crippen molar-refractivity contribution in [3.05, 3.63) is 66.7 Å². The second-order valence-corrected chi connectivity index (χ2v) is 11.6. The largest absolute Gasteiger partial charge is 0.280 e. The third-order valence-corrected chi connectivity index (χ3v) is 9.35. The summed E-state index contributed by atoms with van der Waals surface area (Å²) in [5, 5.41) is 1.79. The highest BCUT2D eigenvalue weighted by Gasteiger charge is 2.35. The molecule has 3 aromatic rings. The Balaban J connectivity index is 1.57. The molecule has 0 bridgehead atoms. The van der Waals surface area contributed by atoms with Crippen LogP contribution in [0.15, 0.2) is 76.5 Å². The molecule has 1 fully saturated rings. The van der Waals surface area contributed by atoms with Crippen LogP contribution in [0.3, 0.4) is 0 Å². The van der Waals surface area contributed by atoms with Crippen LogP contribution in [0.25, 0.3) is 10.8 Å². The van der Waals surface area contributed by atoms with E-state index in [1.165, 1.54) is 24.3 Å². The number of nitrogens with zero attached hydrogens (tertiary/aromatic N) is 1. The number of benzene rings is 3. The zero-order chi connectivity index (χ0) is 22.2. The number of hydrogen-bond donors (Lipinski definition) is 1. The van der Waals surface area contributed by atoms with Crippen LogP contribution in [0.5, 0.6) is 0 Å². The summed E-state index contributed by atoms with van der Waals surface area (Å²) in [6.45, 7) is 3.86. The summed E-state index contributed by atoms with van der Waals surface area (Å²) in [4.78, 5) is 0.320. The standard InChI is InChI=1S/C23H26N2O4S2/c1-17-6-5-7-18(2)25(17)31(28,29)22-14-11-21(12-15-22)24-30(26,27)23-13-10-19-8-3-4-9-20(19)16-23/h3-4,8-18,24H,5-7H2,1-2H3. The third kappa shape index (κ3) is 4.33. The molecule has 1 aliphatic heterocycles. The van der Waals surface area contributed by atoms with E-state index in [0.29, 0.717) is 5.69 Å². The molecule has 0 radical (unpaired) electrons. The van der Waals surface area contributed by atoms with Crippen LogP contribution in [-0.2, 0) is 20.0 Å². The number of nitrogens with one attached hydrogen (secondary N) is 1. The van der Waals surface area contributed by atoms with Gasteiger partial charge in [-0.05, 0) is 73.9 Å². The molecule has 8 heteroatoms. The molecule has 0 saturated carbocycles. The molecule has 0 amide bonds. The van der Waals surface area contributed by atoms with Gasteiger partial charge in [-0.1, -0.05) is 36.8 Å². The van der Waals surface area contributed by atoms with Gasteiger partial charge in [-0.25, -0.2) is 16.8 Å². The lowest BCUT2D eigenvalue weighted by molar-refractivity contribution is 0.204. The van der Waals surface area contributed by atoms with Gasteiger partial charge >= 0.3 is 0 Å². The predicted octanol–water partition coefficient (Wildman–Crippen LogP) is 4.59. The smallest absolute Gasteiger partial charge is 0.261 e. The summed E-state index contributed by atoms with van der Waals surface area (Å²) >= 11 is 0. The summed E-state index contributed by atoms with van der Waals surface area (Å²) in [5.74, 6) is 0. The van der Waals surface area contributed by atoms with Crippen LogP contribution in [0.1, 0.15) is 33.1 Å². The summed E-state index contributed by atoms with van der Waals surface area (Å²) in [6.07, 6.45) is 2.70. The first-order chi connectivity index (χ1) is 14.7. The van der Waals surface area contributed by atoms with Crippen LogP contribution >= 0.6 is 0 Å². The van der Waals surface area contributed by atoms with Gasteiger partial charge in [-0.3, -0.25) is 4.72 Å². The average molecular weight is 459 g/mol. The van der Waals surface area contributed by atoms with Crippen molar-refractivity contribution in [2.45, 2.75) is 55.0 Å². The van der Waals surface area contributed by atoms with Crippen LogP contribution < -0.4 is 4.72 Å². The molecule has 1 aliphatic rings. The molecule has 1 N–H and O–H groups in total. The number of sulfonamides is 2. The first-order valence-corrected chi connectivity index (χ1v) is 13.3. The molecule has 4 rings (SSSR count). The van der Waals surface area contributed by atoms with E-state index in [0.717, 1.165) is 30.0 Å². The summed E-state index contributed by atoms with van der Waals surface area (Å²) in [7, 11) is -7.44. The fourth-order valence-electron chi connectivity index (χ4n) is 4.24. The fourth-order valence-corrected chi connectivity index (χ4v) is 7.21. The van der Waals surface area contributed by atoms with E-state index in [4.69, 9.17) is 0 Å². The number of hydrogen-bond acceptors (Lipinski definition) is 4. The number of piperidine rings is 1. The van der Waals surface area contributed by atoms with Crippen molar-refractivity contribution < 1.29 is 16.8 Å². The minimum Gasteiger partial charge on any atom is -0.280 e. The molecule has 0 spiro atoms. The Kier molecular flexibility index (Phi) is 5.81. The topological polar surface area (TPSA) is 83.6 Å². The van der Waals surface area contributed by atoms with E-state index < -0.39 is 20.0 Å². The maximum absolute atomic E-state index is 13.1. The third-order valence-electron chi connectivity index (χ3n) is 5.83. The Morgan fingerprint density at radius 1 is 0.774 bits per heavy atom. The SMILES string of the molecule is CC1CCCC(C)N1S(=O)(=O)c1ccc(NS(=O)(=O)c2ccc3ccccc3c2)cc1. The van der Waals surface area contributed by atoms with Crippen molar-refractivity contribution >= 4 is 36.5 Å². The number of rotatable bonds is 5. The van der Waals surface area contributed by atoms with E-state index >= 15 is 0 Å². The molecule has 2 atom stereocenters. The minimum atomic E-state index is -3.80. The molecule has 1 heterocycles. The van der Waals surface area contributed by atoms with Crippen LogP contribution in [0, 0.1) is 0 Å². The van der Waals surface area contributed by atoms with Crippen molar-refractivity contribution in [3.63, 3.8) is 0 Å². The van der Waals surface area contributed by atoms with Gasteiger partial charge in [0.2, 0.25) is 10.0 Å². The summed E-state index contributed by atoms with van der Waals surface area (Å²) < 4.78 is 56.0. The lowest BCUT2D eigenvalue weighted by atomic mass is 10.0. The van der Waals surface area contributed by atoms with Gasteiger partial charge in [0, 0.05) is 17.8 Å². The van der Waals surface area contributed by atoms with Crippen molar-refractivity contribution in [3.8, 4) is 0 Å². The maximum Gasteiger partial charge on any atom is 0.261 e. The normalized spacial score (nSPS) is 20.6. The lowest BCUT2D eigenvalue weighted by Crippen LogP contribution is -2.47. The molecule has 0 aromatic heterocycles. The maximum atomic E-state index is 13.1. The van der Waals surface area contributed by atoms with E-state index in [1.807, 2.05) is 38.1 Å². The molecular weight excluding hydrogens is 432 g/mol. The predicted molar refractivity (Wildman–Crippen MR) is 123 cm³/mol. The monoisotopic (exact) mass is 458 g/mol. The Bertz CT molecular complexity index is 1290.